The summed E-state index contributed by atoms with van der Waals surface area (Å²) in [4.78, 5) is 0. The Hall–Kier alpha value is -1.42. The molecule has 0 aliphatic carbocycles. The zero-order valence-corrected chi connectivity index (χ0v) is 9.03. The van der Waals surface area contributed by atoms with Gasteiger partial charge in [0, 0.05) is 6.42 Å². The van der Waals surface area contributed by atoms with Crippen LogP contribution in [0.5, 0.6) is 11.5 Å². The zero-order chi connectivity index (χ0) is 11.5. The monoisotopic (exact) mass is 211 g/mol. The number of aliphatic hydroxyl groups is 1. The molecule has 0 spiro atoms. The molecule has 0 aliphatic rings. The van der Waals surface area contributed by atoms with Crippen molar-refractivity contribution in [1.29, 1.82) is 0 Å². The number of hydrogen-bond donors (Lipinski definition) is 3. The summed E-state index contributed by atoms with van der Waals surface area (Å²) >= 11 is 0. The first kappa shape index (κ1) is 11.7. The molecule has 1 rings (SSSR count). The largest absolute Gasteiger partial charge is 0.506 e. The molecule has 4 heteroatoms. The van der Waals surface area contributed by atoms with Gasteiger partial charge in [-0.25, -0.2) is 0 Å². The number of nitrogens with two attached hydrogens (primary N) is 1. The third kappa shape index (κ3) is 3.67. The van der Waals surface area contributed by atoms with Crippen molar-refractivity contribution >= 4 is 5.69 Å². The average Bonchev–Trinajstić information content (AvgIpc) is 2.10. The molecule has 4 nitrogen and oxygen atoms in total. The number of phenolic OH excluding ortho intramolecular Hbond substituents is 1. The van der Waals surface area contributed by atoms with Crippen LogP contribution in [0.15, 0.2) is 18.2 Å². The highest BCUT2D eigenvalue weighted by molar-refractivity contribution is 5.61. The van der Waals surface area contributed by atoms with Crippen LogP contribution >= 0.6 is 0 Å². The van der Waals surface area contributed by atoms with Crippen molar-refractivity contribution in [3.63, 3.8) is 0 Å². The number of ether oxygens (including phenoxy) is 1. The number of hydrogen-bond acceptors (Lipinski definition) is 4. The van der Waals surface area contributed by atoms with E-state index in [-0.39, 0.29) is 11.4 Å². The fraction of sp³-hybridized carbons (Fsp3) is 0.455. The maximum Gasteiger partial charge on any atom is 0.145 e. The molecule has 0 amide bonds. The molecule has 0 unspecified atom stereocenters. The van der Waals surface area contributed by atoms with E-state index in [1.54, 1.807) is 26.0 Å². The zero-order valence-electron chi connectivity index (χ0n) is 9.03. The Morgan fingerprint density at radius 3 is 2.67 bits per heavy atom. The standard InChI is InChI=1S/C11H17NO3/c1-11(2,14)6-7-15-9-5-3-4-8(13)10(9)12/h3-5,13-14H,6-7,12H2,1-2H3. The van der Waals surface area contributed by atoms with Gasteiger partial charge >= 0.3 is 0 Å². The van der Waals surface area contributed by atoms with Crippen molar-refractivity contribution in [3.8, 4) is 11.5 Å². The molecule has 0 aromatic heterocycles. The number of rotatable bonds is 4. The van der Waals surface area contributed by atoms with E-state index in [2.05, 4.69) is 0 Å². The minimum absolute atomic E-state index is 0.00996. The van der Waals surface area contributed by atoms with E-state index < -0.39 is 5.60 Å². The minimum Gasteiger partial charge on any atom is -0.506 e. The lowest BCUT2D eigenvalue weighted by Crippen LogP contribution is -2.21. The van der Waals surface area contributed by atoms with Gasteiger partial charge in [-0.1, -0.05) is 6.07 Å². The Kier molecular flexibility index (Phi) is 3.42. The second-order valence-electron chi connectivity index (χ2n) is 4.10. The Balaban J connectivity index is 2.55. The molecule has 0 fully saturated rings. The SMILES string of the molecule is CC(C)(O)CCOc1cccc(O)c1N. The molecular weight excluding hydrogens is 194 g/mol. The number of para-hydroxylation sites is 1. The molecule has 0 aliphatic heterocycles. The van der Waals surface area contributed by atoms with Crippen LogP contribution in [0.4, 0.5) is 5.69 Å². The number of aromatic hydroxyl groups is 1. The van der Waals surface area contributed by atoms with Crippen molar-refractivity contribution < 1.29 is 14.9 Å². The van der Waals surface area contributed by atoms with Crippen LogP contribution in [0, 0.1) is 0 Å². The second-order valence-corrected chi connectivity index (χ2v) is 4.10. The van der Waals surface area contributed by atoms with Crippen molar-refractivity contribution in [2.24, 2.45) is 0 Å². The van der Waals surface area contributed by atoms with Crippen LogP contribution in [-0.4, -0.2) is 22.4 Å². The van der Waals surface area contributed by atoms with Gasteiger partial charge in [0.15, 0.2) is 0 Å². The fourth-order valence-corrected chi connectivity index (χ4v) is 1.07. The molecule has 4 N–H and O–H groups in total. The fourth-order valence-electron chi connectivity index (χ4n) is 1.07. The quantitative estimate of drug-likeness (QED) is 0.521. The Morgan fingerprint density at radius 2 is 2.07 bits per heavy atom. The maximum atomic E-state index is 9.46. The van der Waals surface area contributed by atoms with Gasteiger partial charge in [-0.05, 0) is 26.0 Å². The lowest BCUT2D eigenvalue weighted by Gasteiger charge is -2.17. The number of nitrogen functional groups attached to an aromatic ring is 1. The van der Waals surface area contributed by atoms with E-state index >= 15 is 0 Å². The van der Waals surface area contributed by atoms with Gasteiger partial charge in [-0.15, -0.1) is 0 Å². The maximum absolute atomic E-state index is 9.46. The normalized spacial score (nSPS) is 11.4. The number of anilines is 1. The van der Waals surface area contributed by atoms with Crippen LogP contribution in [0.1, 0.15) is 20.3 Å². The first-order chi connectivity index (χ1) is 6.90. The van der Waals surface area contributed by atoms with E-state index in [9.17, 15) is 10.2 Å². The third-order valence-electron chi connectivity index (χ3n) is 2.01. The topological polar surface area (TPSA) is 75.7 Å². The Morgan fingerprint density at radius 1 is 1.40 bits per heavy atom. The molecule has 0 saturated carbocycles. The number of phenols is 1. The summed E-state index contributed by atoms with van der Waals surface area (Å²) in [6.45, 7) is 3.78. The number of benzene rings is 1. The average molecular weight is 211 g/mol. The molecule has 0 saturated heterocycles. The van der Waals surface area contributed by atoms with Gasteiger partial charge in [-0.2, -0.15) is 0 Å². The smallest absolute Gasteiger partial charge is 0.145 e. The van der Waals surface area contributed by atoms with E-state index in [4.69, 9.17) is 10.5 Å². The summed E-state index contributed by atoms with van der Waals surface area (Å²) in [6.07, 6.45) is 0.502. The predicted molar refractivity (Wildman–Crippen MR) is 58.9 cm³/mol. The van der Waals surface area contributed by atoms with Gasteiger partial charge in [0.25, 0.3) is 0 Å². The van der Waals surface area contributed by atoms with Gasteiger partial charge < -0.3 is 20.7 Å². The molecule has 0 heterocycles. The Labute approximate surface area is 89.3 Å². The highest BCUT2D eigenvalue weighted by Crippen LogP contribution is 2.30. The highest BCUT2D eigenvalue weighted by atomic mass is 16.5. The summed E-state index contributed by atoms with van der Waals surface area (Å²) in [5.41, 5.74) is 5.07. The Bertz CT molecular complexity index is 331. The van der Waals surface area contributed by atoms with Gasteiger partial charge in [0.1, 0.15) is 17.2 Å². The van der Waals surface area contributed by atoms with Gasteiger partial charge in [-0.3, -0.25) is 0 Å². The van der Waals surface area contributed by atoms with Crippen LogP contribution in [0.25, 0.3) is 0 Å². The summed E-state index contributed by atoms with van der Waals surface area (Å²) < 4.78 is 5.35. The molecular formula is C11H17NO3. The molecule has 0 radical (unpaired) electrons. The summed E-state index contributed by atoms with van der Waals surface area (Å²) in [5, 5.41) is 18.8. The first-order valence-electron chi connectivity index (χ1n) is 4.83. The van der Waals surface area contributed by atoms with Crippen LogP contribution in [0.3, 0.4) is 0 Å². The van der Waals surface area contributed by atoms with Gasteiger partial charge in [0.05, 0.1) is 12.2 Å². The van der Waals surface area contributed by atoms with Crippen LogP contribution < -0.4 is 10.5 Å². The summed E-state index contributed by atoms with van der Waals surface area (Å²) in [6, 6.07) is 4.84. The lowest BCUT2D eigenvalue weighted by atomic mass is 10.1. The predicted octanol–water partition coefficient (Wildman–Crippen LogP) is 1.51. The molecule has 1 aromatic rings. The lowest BCUT2D eigenvalue weighted by molar-refractivity contribution is 0.0554. The van der Waals surface area contributed by atoms with Gasteiger partial charge in [0.2, 0.25) is 0 Å². The molecule has 0 bridgehead atoms. The second kappa shape index (κ2) is 4.40. The van der Waals surface area contributed by atoms with E-state index in [1.807, 2.05) is 0 Å². The van der Waals surface area contributed by atoms with Crippen molar-refractivity contribution in [2.75, 3.05) is 12.3 Å². The van der Waals surface area contributed by atoms with Crippen LogP contribution in [-0.2, 0) is 0 Å². The highest BCUT2D eigenvalue weighted by Gasteiger charge is 2.13. The third-order valence-corrected chi connectivity index (χ3v) is 2.01. The minimum atomic E-state index is -0.758. The molecule has 84 valence electrons. The van der Waals surface area contributed by atoms with Crippen molar-refractivity contribution in [3.05, 3.63) is 18.2 Å². The van der Waals surface area contributed by atoms with Crippen molar-refractivity contribution in [1.82, 2.24) is 0 Å². The molecule has 0 atom stereocenters. The molecule has 15 heavy (non-hydrogen) atoms. The molecule has 1 aromatic carbocycles. The first-order valence-corrected chi connectivity index (χ1v) is 4.83. The summed E-state index contributed by atoms with van der Waals surface area (Å²) in [7, 11) is 0. The van der Waals surface area contributed by atoms with E-state index in [0.29, 0.717) is 18.8 Å². The van der Waals surface area contributed by atoms with Crippen molar-refractivity contribution in [2.45, 2.75) is 25.9 Å². The summed E-state index contributed by atoms with van der Waals surface area (Å²) in [5.74, 6) is 0.454. The van der Waals surface area contributed by atoms with Crippen LogP contribution in [0.2, 0.25) is 0 Å². The van der Waals surface area contributed by atoms with E-state index in [1.165, 1.54) is 6.07 Å². The van der Waals surface area contributed by atoms with E-state index in [0.717, 1.165) is 0 Å².